The topological polar surface area (TPSA) is 87.7 Å². The summed E-state index contributed by atoms with van der Waals surface area (Å²) in [7, 11) is 0. The molecule has 0 unspecified atom stereocenters. The third-order valence-corrected chi connectivity index (χ3v) is 2.75. The van der Waals surface area contributed by atoms with Crippen LogP contribution in [0.3, 0.4) is 0 Å². The molecule has 6 nitrogen and oxygen atoms in total. The van der Waals surface area contributed by atoms with Gasteiger partial charge in [-0.3, -0.25) is 9.59 Å². The fourth-order valence-electron chi connectivity index (χ4n) is 1.84. The second-order valence-electron chi connectivity index (χ2n) is 4.34. The molecule has 1 heterocycles. The van der Waals surface area contributed by atoms with Crippen molar-refractivity contribution in [2.45, 2.75) is 19.4 Å². The second kappa shape index (κ2) is 6.19. The Morgan fingerprint density at radius 1 is 1.47 bits per heavy atom. The SMILES string of the molecule is O=C(O)CCCNCc1ccc2c(c1)NC(=O)CO2. The number of carboxylic acids is 1. The van der Waals surface area contributed by atoms with Gasteiger partial charge in [0.05, 0.1) is 5.69 Å². The van der Waals surface area contributed by atoms with Gasteiger partial charge in [-0.2, -0.15) is 0 Å². The summed E-state index contributed by atoms with van der Waals surface area (Å²) in [5.74, 6) is -0.260. The first kappa shape index (κ1) is 13.4. The molecular weight excluding hydrogens is 248 g/mol. The van der Waals surface area contributed by atoms with Crippen molar-refractivity contribution in [3.8, 4) is 5.75 Å². The number of nitrogens with one attached hydrogen (secondary N) is 2. The molecule has 0 spiro atoms. The number of amides is 1. The van der Waals surface area contributed by atoms with Crippen LogP contribution in [0.15, 0.2) is 18.2 Å². The fourth-order valence-corrected chi connectivity index (χ4v) is 1.84. The number of benzene rings is 1. The summed E-state index contributed by atoms with van der Waals surface area (Å²) in [5.41, 5.74) is 1.70. The Labute approximate surface area is 110 Å². The van der Waals surface area contributed by atoms with E-state index in [9.17, 15) is 9.59 Å². The Kier molecular flexibility index (Phi) is 4.35. The van der Waals surface area contributed by atoms with Crippen molar-refractivity contribution in [1.29, 1.82) is 0 Å². The molecule has 0 saturated carbocycles. The van der Waals surface area contributed by atoms with Gasteiger partial charge >= 0.3 is 5.97 Å². The van der Waals surface area contributed by atoms with E-state index in [4.69, 9.17) is 9.84 Å². The lowest BCUT2D eigenvalue weighted by molar-refractivity contribution is -0.137. The minimum absolute atomic E-state index is 0.0553. The highest BCUT2D eigenvalue weighted by atomic mass is 16.5. The van der Waals surface area contributed by atoms with Crippen LogP contribution in [-0.2, 0) is 16.1 Å². The van der Waals surface area contributed by atoms with E-state index in [1.807, 2.05) is 18.2 Å². The summed E-state index contributed by atoms with van der Waals surface area (Å²) >= 11 is 0. The van der Waals surface area contributed by atoms with E-state index < -0.39 is 5.97 Å². The van der Waals surface area contributed by atoms with E-state index in [1.54, 1.807) is 0 Å². The predicted octanol–water partition coefficient (Wildman–Crippen LogP) is 0.972. The molecule has 0 radical (unpaired) electrons. The van der Waals surface area contributed by atoms with Crippen molar-refractivity contribution in [2.75, 3.05) is 18.5 Å². The molecule has 0 saturated heterocycles. The van der Waals surface area contributed by atoms with E-state index >= 15 is 0 Å². The third kappa shape index (κ3) is 3.96. The number of carbonyl (C=O) groups excluding carboxylic acids is 1. The molecule has 0 fully saturated rings. The Morgan fingerprint density at radius 2 is 2.32 bits per heavy atom. The van der Waals surface area contributed by atoms with Crippen molar-refractivity contribution in [3.63, 3.8) is 0 Å². The van der Waals surface area contributed by atoms with Crippen LogP contribution in [0, 0.1) is 0 Å². The summed E-state index contributed by atoms with van der Waals surface area (Å²) in [6.45, 7) is 1.33. The number of hydrogen-bond donors (Lipinski definition) is 3. The number of rotatable bonds is 6. The van der Waals surface area contributed by atoms with Gasteiger partial charge in [-0.1, -0.05) is 6.07 Å². The zero-order valence-corrected chi connectivity index (χ0v) is 10.4. The zero-order valence-electron chi connectivity index (χ0n) is 10.4. The molecule has 3 N–H and O–H groups in total. The van der Waals surface area contributed by atoms with Crippen LogP contribution >= 0.6 is 0 Å². The number of ether oxygens (including phenoxy) is 1. The first-order chi connectivity index (χ1) is 9.15. The summed E-state index contributed by atoms with van der Waals surface area (Å²) in [6.07, 6.45) is 0.765. The first-order valence-corrected chi connectivity index (χ1v) is 6.13. The summed E-state index contributed by atoms with van der Waals surface area (Å²) in [5, 5.41) is 14.4. The summed E-state index contributed by atoms with van der Waals surface area (Å²) in [6, 6.07) is 5.60. The van der Waals surface area contributed by atoms with Crippen molar-refractivity contribution in [1.82, 2.24) is 5.32 Å². The van der Waals surface area contributed by atoms with Crippen LogP contribution in [0.5, 0.6) is 5.75 Å². The number of aliphatic carboxylic acids is 1. The lowest BCUT2D eigenvalue weighted by Crippen LogP contribution is -2.25. The Bertz CT molecular complexity index is 488. The molecule has 0 bridgehead atoms. The van der Waals surface area contributed by atoms with Crippen molar-refractivity contribution in [3.05, 3.63) is 23.8 Å². The molecule has 1 amide bonds. The normalized spacial score (nSPS) is 13.4. The molecule has 0 atom stereocenters. The highest BCUT2D eigenvalue weighted by Crippen LogP contribution is 2.28. The zero-order chi connectivity index (χ0) is 13.7. The van der Waals surface area contributed by atoms with Gasteiger partial charge in [0.25, 0.3) is 5.91 Å². The van der Waals surface area contributed by atoms with E-state index in [-0.39, 0.29) is 18.9 Å². The Hall–Kier alpha value is -2.08. The van der Waals surface area contributed by atoms with Crippen molar-refractivity contribution < 1.29 is 19.4 Å². The monoisotopic (exact) mass is 264 g/mol. The molecule has 0 aliphatic carbocycles. The van der Waals surface area contributed by atoms with Crippen LogP contribution in [0.2, 0.25) is 0 Å². The quantitative estimate of drug-likeness (QED) is 0.666. The number of carboxylic acid groups (broad SMARTS) is 1. The molecule has 1 aliphatic rings. The summed E-state index contributed by atoms with van der Waals surface area (Å²) < 4.78 is 5.26. The van der Waals surface area contributed by atoms with Gasteiger partial charge in [-0.25, -0.2) is 0 Å². The molecule has 2 rings (SSSR count). The lowest BCUT2D eigenvalue weighted by atomic mass is 10.1. The summed E-state index contributed by atoms with van der Waals surface area (Å²) in [4.78, 5) is 21.5. The minimum atomic E-state index is -0.782. The van der Waals surface area contributed by atoms with Crippen LogP contribution < -0.4 is 15.4 Å². The van der Waals surface area contributed by atoms with Gasteiger partial charge in [-0.05, 0) is 30.7 Å². The van der Waals surface area contributed by atoms with Gasteiger partial charge in [-0.15, -0.1) is 0 Å². The van der Waals surface area contributed by atoms with Gasteiger partial charge in [0, 0.05) is 13.0 Å². The van der Waals surface area contributed by atoms with E-state index in [0.29, 0.717) is 30.9 Å². The maximum atomic E-state index is 11.2. The number of carbonyl (C=O) groups is 2. The van der Waals surface area contributed by atoms with Crippen LogP contribution in [0.25, 0.3) is 0 Å². The first-order valence-electron chi connectivity index (χ1n) is 6.13. The van der Waals surface area contributed by atoms with Gasteiger partial charge in [0.15, 0.2) is 6.61 Å². The molecular formula is C13H16N2O4. The third-order valence-electron chi connectivity index (χ3n) is 2.75. The van der Waals surface area contributed by atoms with Crippen LogP contribution in [-0.4, -0.2) is 30.1 Å². The maximum absolute atomic E-state index is 11.2. The maximum Gasteiger partial charge on any atom is 0.303 e. The molecule has 6 heteroatoms. The largest absolute Gasteiger partial charge is 0.482 e. The second-order valence-corrected chi connectivity index (χ2v) is 4.34. The fraction of sp³-hybridized carbons (Fsp3) is 0.385. The van der Waals surface area contributed by atoms with E-state index in [2.05, 4.69) is 10.6 Å². The Balaban J connectivity index is 1.83. The highest BCUT2D eigenvalue weighted by Gasteiger charge is 2.15. The van der Waals surface area contributed by atoms with Gasteiger partial charge < -0.3 is 20.5 Å². The van der Waals surface area contributed by atoms with Crippen molar-refractivity contribution in [2.24, 2.45) is 0 Å². The van der Waals surface area contributed by atoms with E-state index in [0.717, 1.165) is 5.56 Å². The molecule has 102 valence electrons. The minimum Gasteiger partial charge on any atom is -0.482 e. The number of fused-ring (bicyclic) bond motifs is 1. The average Bonchev–Trinajstić information content (AvgIpc) is 2.37. The van der Waals surface area contributed by atoms with E-state index in [1.165, 1.54) is 0 Å². The van der Waals surface area contributed by atoms with Gasteiger partial charge in [0.2, 0.25) is 0 Å². The standard InChI is InChI=1S/C13H16N2O4/c16-12-8-19-11-4-3-9(6-10(11)15-12)7-14-5-1-2-13(17)18/h3-4,6,14H,1-2,5,7-8H2,(H,15,16)(H,17,18). The molecule has 1 aromatic carbocycles. The highest BCUT2D eigenvalue weighted by molar-refractivity contribution is 5.95. The molecule has 1 aliphatic heterocycles. The molecule has 19 heavy (non-hydrogen) atoms. The Morgan fingerprint density at radius 3 is 3.11 bits per heavy atom. The smallest absolute Gasteiger partial charge is 0.303 e. The average molecular weight is 264 g/mol. The number of anilines is 1. The van der Waals surface area contributed by atoms with Crippen LogP contribution in [0.1, 0.15) is 18.4 Å². The van der Waals surface area contributed by atoms with Gasteiger partial charge in [0.1, 0.15) is 5.75 Å². The lowest BCUT2D eigenvalue weighted by Gasteiger charge is -2.18. The van der Waals surface area contributed by atoms with Crippen molar-refractivity contribution >= 4 is 17.6 Å². The predicted molar refractivity (Wildman–Crippen MR) is 69.1 cm³/mol. The number of hydrogen-bond acceptors (Lipinski definition) is 4. The van der Waals surface area contributed by atoms with Crippen LogP contribution in [0.4, 0.5) is 5.69 Å². The molecule has 1 aromatic rings. The molecule has 0 aromatic heterocycles.